The van der Waals surface area contributed by atoms with Gasteiger partial charge in [-0.05, 0) is 18.8 Å². The maximum absolute atomic E-state index is 12.5. The summed E-state index contributed by atoms with van der Waals surface area (Å²) in [6.45, 7) is 3.04. The summed E-state index contributed by atoms with van der Waals surface area (Å²) in [6.07, 6.45) is 3.75. The van der Waals surface area contributed by atoms with Gasteiger partial charge in [0.15, 0.2) is 0 Å². The molecule has 2 fully saturated rings. The van der Waals surface area contributed by atoms with Crippen LogP contribution in [0.25, 0.3) is 0 Å². The highest BCUT2D eigenvalue weighted by Crippen LogP contribution is 2.27. The molecule has 26 heavy (non-hydrogen) atoms. The molecule has 1 aliphatic carbocycles. The Bertz CT molecular complexity index is 614. The molecule has 0 aromatic carbocycles. The van der Waals surface area contributed by atoms with Gasteiger partial charge in [-0.1, -0.05) is 33.1 Å². The van der Waals surface area contributed by atoms with E-state index in [0.717, 1.165) is 17.7 Å². The van der Waals surface area contributed by atoms with Crippen molar-refractivity contribution in [3.63, 3.8) is 0 Å². The van der Waals surface area contributed by atoms with Gasteiger partial charge in [0.05, 0.1) is 7.11 Å². The van der Waals surface area contributed by atoms with E-state index in [-0.39, 0.29) is 12.0 Å². The molecular formula is C17H25N3O6. The van der Waals surface area contributed by atoms with Gasteiger partial charge in [-0.3, -0.25) is 19.3 Å². The number of rotatable bonds is 7. The second kappa shape index (κ2) is 8.29. The van der Waals surface area contributed by atoms with Crippen LogP contribution in [0, 0.1) is 5.92 Å². The second-order valence-corrected chi connectivity index (χ2v) is 6.74. The minimum Gasteiger partial charge on any atom is -0.467 e. The van der Waals surface area contributed by atoms with E-state index in [9.17, 15) is 24.0 Å². The third-order valence-electron chi connectivity index (χ3n) is 5.06. The number of carbonyl (C=O) groups is 5. The number of ether oxygens (including phenoxy) is 1. The smallest absolute Gasteiger partial charge is 0.334 e. The Hall–Kier alpha value is -2.45. The quantitative estimate of drug-likeness (QED) is 0.396. The standard InChI is InChI=1S/C17H25N3O6/c1-4-10(2)13(16(24)26-3)18-12(21)9-19-14(22)15(23)20(17(19)25)11-7-5-6-8-11/h10-11,13H,4-9H2,1-3H3,(H,18,21)/t10-,13+/m1/s1. The van der Waals surface area contributed by atoms with E-state index >= 15 is 0 Å². The van der Waals surface area contributed by atoms with Gasteiger partial charge < -0.3 is 10.1 Å². The minimum absolute atomic E-state index is 0.187. The van der Waals surface area contributed by atoms with Gasteiger partial charge in [0, 0.05) is 6.04 Å². The Morgan fingerprint density at radius 1 is 1.19 bits per heavy atom. The van der Waals surface area contributed by atoms with Crippen LogP contribution in [0.4, 0.5) is 4.79 Å². The van der Waals surface area contributed by atoms with Crippen LogP contribution in [0.1, 0.15) is 46.0 Å². The van der Waals surface area contributed by atoms with Gasteiger partial charge in [0.2, 0.25) is 5.91 Å². The molecule has 1 heterocycles. The highest BCUT2D eigenvalue weighted by molar-refractivity contribution is 6.45. The van der Waals surface area contributed by atoms with Crippen LogP contribution < -0.4 is 5.32 Å². The SMILES string of the molecule is CC[C@@H](C)[C@H](NC(=O)CN1C(=O)C(=O)N(C2CCCC2)C1=O)C(=O)OC. The van der Waals surface area contributed by atoms with Crippen molar-refractivity contribution in [1.82, 2.24) is 15.1 Å². The van der Waals surface area contributed by atoms with Crippen LogP contribution in [0.3, 0.4) is 0 Å². The van der Waals surface area contributed by atoms with E-state index in [1.165, 1.54) is 7.11 Å². The number of methoxy groups -OCH3 is 1. The number of carbonyl (C=O) groups excluding carboxylic acids is 5. The average Bonchev–Trinajstić information content (AvgIpc) is 3.22. The normalized spacial score (nSPS) is 20.5. The molecule has 9 nitrogen and oxygen atoms in total. The summed E-state index contributed by atoms with van der Waals surface area (Å²) in [5, 5.41) is 2.50. The monoisotopic (exact) mass is 367 g/mol. The highest BCUT2D eigenvalue weighted by Gasteiger charge is 2.48. The van der Waals surface area contributed by atoms with Gasteiger partial charge in [0.25, 0.3) is 0 Å². The lowest BCUT2D eigenvalue weighted by atomic mass is 9.99. The Kier molecular flexibility index (Phi) is 6.33. The Labute approximate surface area is 152 Å². The molecule has 0 unspecified atom stereocenters. The number of urea groups is 1. The molecule has 1 saturated heterocycles. The van der Waals surface area contributed by atoms with Crippen molar-refractivity contribution in [3.05, 3.63) is 0 Å². The summed E-state index contributed by atoms with van der Waals surface area (Å²) in [7, 11) is 1.22. The molecule has 1 saturated carbocycles. The fraction of sp³-hybridized carbons (Fsp3) is 0.706. The van der Waals surface area contributed by atoms with Crippen LogP contribution >= 0.6 is 0 Å². The summed E-state index contributed by atoms with van der Waals surface area (Å²) in [6, 6.07) is -1.93. The number of hydrogen-bond donors (Lipinski definition) is 1. The van der Waals surface area contributed by atoms with Crippen molar-refractivity contribution in [2.45, 2.75) is 58.0 Å². The molecule has 1 aliphatic heterocycles. The summed E-state index contributed by atoms with van der Waals surface area (Å²) in [4.78, 5) is 62.4. The van der Waals surface area contributed by atoms with E-state index in [0.29, 0.717) is 24.2 Å². The lowest BCUT2D eigenvalue weighted by Crippen LogP contribution is -2.50. The minimum atomic E-state index is -1.00. The summed E-state index contributed by atoms with van der Waals surface area (Å²) < 4.78 is 4.69. The molecule has 0 bridgehead atoms. The molecule has 2 aliphatic rings. The van der Waals surface area contributed by atoms with E-state index in [2.05, 4.69) is 10.1 Å². The third kappa shape index (κ3) is 3.86. The van der Waals surface area contributed by atoms with Gasteiger partial charge in [-0.15, -0.1) is 0 Å². The molecule has 0 radical (unpaired) electrons. The predicted molar refractivity (Wildman–Crippen MR) is 89.6 cm³/mol. The molecule has 0 aromatic rings. The topological polar surface area (TPSA) is 113 Å². The van der Waals surface area contributed by atoms with Gasteiger partial charge in [-0.2, -0.15) is 0 Å². The molecule has 0 aromatic heterocycles. The molecule has 9 heteroatoms. The van der Waals surface area contributed by atoms with Crippen molar-refractivity contribution in [2.24, 2.45) is 5.92 Å². The number of hydrogen-bond acceptors (Lipinski definition) is 6. The number of imide groups is 2. The Morgan fingerprint density at radius 2 is 1.81 bits per heavy atom. The highest BCUT2D eigenvalue weighted by atomic mass is 16.5. The fourth-order valence-electron chi connectivity index (χ4n) is 3.31. The first-order valence-electron chi connectivity index (χ1n) is 8.88. The lowest BCUT2D eigenvalue weighted by Gasteiger charge is -2.23. The van der Waals surface area contributed by atoms with Crippen molar-refractivity contribution in [2.75, 3.05) is 13.7 Å². The predicted octanol–water partition coefficient (Wildman–Crippen LogP) is 0.424. The van der Waals surface area contributed by atoms with Crippen molar-refractivity contribution >= 4 is 29.7 Å². The molecule has 2 rings (SSSR count). The number of nitrogens with zero attached hydrogens (tertiary/aromatic N) is 2. The summed E-state index contributed by atoms with van der Waals surface area (Å²) in [5.41, 5.74) is 0. The number of esters is 1. The van der Waals surface area contributed by atoms with Crippen LogP contribution in [0.5, 0.6) is 0 Å². The zero-order valence-corrected chi connectivity index (χ0v) is 15.3. The van der Waals surface area contributed by atoms with Gasteiger partial charge >= 0.3 is 23.8 Å². The zero-order chi connectivity index (χ0) is 19.4. The number of amides is 5. The van der Waals surface area contributed by atoms with Crippen LogP contribution in [0.15, 0.2) is 0 Å². The maximum atomic E-state index is 12.5. The molecular weight excluding hydrogens is 342 g/mol. The Balaban J connectivity index is 2.05. The first-order chi connectivity index (χ1) is 12.3. The van der Waals surface area contributed by atoms with E-state index in [1.54, 1.807) is 6.92 Å². The average molecular weight is 367 g/mol. The zero-order valence-electron chi connectivity index (χ0n) is 15.3. The van der Waals surface area contributed by atoms with Gasteiger partial charge in [0.1, 0.15) is 12.6 Å². The summed E-state index contributed by atoms with van der Waals surface area (Å²) >= 11 is 0. The molecule has 5 amide bonds. The number of nitrogens with one attached hydrogen (secondary N) is 1. The first kappa shape index (κ1) is 19.9. The van der Waals surface area contributed by atoms with Crippen molar-refractivity contribution in [3.8, 4) is 0 Å². The first-order valence-corrected chi connectivity index (χ1v) is 8.88. The lowest BCUT2D eigenvalue weighted by molar-refractivity contribution is -0.147. The van der Waals surface area contributed by atoms with Crippen LogP contribution in [0.2, 0.25) is 0 Å². The third-order valence-corrected chi connectivity index (χ3v) is 5.06. The molecule has 0 spiro atoms. The van der Waals surface area contributed by atoms with E-state index in [1.807, 2.05) is 6.92 Å². The largest absolute Gasteiger partial charge is 0.467 e. The molecule has 144 valence electrons. The van der Waals surface area contributed by atoms with Crippen molar-refractivity contribution < 1.29 is 28.7 Å². The fourth-order valence-corrected chi connectivity index (χ4v) is 3.31. The van der Waals surface area contributed by atoms with Gasteiger partial charge in [-0.25, -0.2) is 14.5 Å². The van der Waals surface area contributed by atoms with Crippen LogP contribution in [-0.2, 0) is 23.9 Å². The van der Waals surface area contributed by atoms with Crippen LogP contribution in [-0.4, -0.2) is 65.3 Å². The second-order valence-electron chi connectivity index (χ2n) is 6.74. The van der Waals surface area contributed by atoms with E-state index in [4.69, 9.17) is 0 Å². The molecule has 2 atom stereocenters. The molecule has 1 N–H and O–H groups in total. The van der Waals surface area contributed by atoms with E-state index < -0.39 is 42.3 Å². The maximum Gasteiger partial charge on any atom is 0.334 e. The summed E-state index contributed by atoms with van der Waals surface area (Å²) in [5.74, 6) is -3.37. The Morgan fingerprint density at radius 3 is 2.35 bits per heavy atom. The van der Waals surface area contributed by atoms with Crippen molar-refractivity contribution in [1.29, 1.82) is 0 Å².